The highest BCUT2D eigenvalue weighted by Crippen LogP contribution is 2.20. The summed E-state index contributed by atoms with van der Waals surface area (Å²) in [7, 11) is 1.77. The van der Waals surface area contributed by atoms with Crippen molar-refractivity contribution in [1.82, 2.24) is 25.5 Å². The Bertz CT molecular complexity index is 237. The Labute approximate surface area is 64.8 Å². The van der Waals surface area contributed by atoms with Crippen molar-refractivity contribution in [3.8, 4) is 0 Å². The average Bonchev–Trinajstić information content (AvgIpc) is 2.55. The van der Waals surface area contributed by atoms with Crippen LogP contribution in [0.15, 0.2) is 0 Å². The van der Waals surface area contributed by atoms with Gasteiger partial charge in [-0.25, -0.2) is 5.32 Å². The Morgan fingerprint density at radius 3 is 3.00 bits per heavy atom. The fourth-order valence-electron chi connectivity index (χ4n) is 1.27. The van der Waals surface area contributed by atoms with Gasteiger partial charge in [0.1, 0.15) is 0 Å². The monoisotopic (exact) mass is 152 g/mol. The summed E-state index contributed by atoms with van der Waals surface area (Å²) >= 11 is 0. The second-order valence-corrected chi connectivity index (χ2v) is 2.70. The van der Waals surface area contributed by atoms with Crippen LogP contribution in [-0.2, 0) is 7.05 Å². The summed E-state index contributed by atoms with van der Waals surface area (Å²) in [5.41, 5.74) is 0. The highest BCUT2D eigenvalue weighted by Gasteiger charge is 2.21. The maximum Gasteiger partial charge on any atom is 0.193 e. The lowest BCUT2D eigenvalue weighted by atomic mass is 10.2. The van der Waals surface area contributed by atoms with Gasteiger partial charge in [0.2, 0.25) is 0 Å². The quantitative estimate of drug-likeness (QED) is 0.552. The lowest BCUT2D eigenvalue weighted by Crippen LogP contribution is -2.07. The van der Waals surface area contributed by atoms with E-state index in [4.69, 9.17) is 0 Å². The summed E-state index contributed by atoms with van der Waals surface area (Å²) in [6.07, 6.45) is 2.23. The van der Waals surface area contributed by atoms with Crippen molar-refractivity contribution in [2.24, 2.45) is 7.05 Å². The van der Waals surface area contributed by atoms with Crippen LogP contribution < -0.4 is 5.32 Å². The molecule has 0 aliphatic carbocycles. The molecule has 5 nitrogen and oxygen atoms in total. The predicted octanol–water partition coefficient (Wildman–Crippen LogP) is -0.351. The Balaban J connectivity index is 2.15. The van der Waals surface area contributed by atoms with E-state index in [-0.39, 0.29) is 6.04 Å². The van der Waals surface area contributed by atoms with Gasteiger partial charge in [0, 0.05) is 6.54 Å². The van der Waals surface area contributed by atoms with E-state index >= 15 is 0 Å². The third-order valence-electron chi connectivity index (χ3n) is 1.81. The van der Waals surface area contributed by atoms with Crippen LogP contribution in [0, 0.1) is 0 Å². The van der Waals surface area contributed by atoms with Gasteiger partial charge in [-0.15, -0.1) is 10.2 Å². The van der Waals surface area contributed by atoms with Gasteiger partial charge >= 0.3 is 0 Å². The minimum absolute atomic E-state index is 0.212. The molecule has 0 amide bonds. The first-order valence-corrected chi connectivity index (χ1v) is 3.77. The summed E-state index contributed by atoms with van der Waals surface area (Å²) in [4.78, 5) is 1.48. The molecule has 1 aromatic rings. The first-order chi connectivity index (χ1) is 5.36. The molecule has 5 heteroatoms. The van der Waals surface area contributed by atoms with E-state index < -0.39 is 0 Å². The Hall–Kier alpha value is -0.970. The molecular weight excluding hydrogens is 142 g/mol. The molecule has 2 heterocycles. The van der Waals surface area contributed by atoms with Crippen LogP contribution in [0.5, 0.6) is 0 Å². The summed E-state index contributed by atoms with van der Waals surface area (Å²) < 4.78 is 0. The molecule has 1 radical (unpaired) electrons. The lowest BCUT2D eigenvalue weighted by molar-refractivity contribution is 0.582. The van der Waals surface area contributed by atoms with E-state index in [1.165, 1.54) is 4.80 Å². The molecule has 59 valence electrons. The van der Waals surface area contributed by atoms with Crippen LogP contribution in [0.1, 0.15) is 24.7 Å². The van der Waals surface area contributed by atoms with Gasteiger partial charge in [-0.1, -0.05) is 0 Å². The number of nitrogens with zero attached hydrogens (tertiary/aromatic N) is 5. The Kier molecular flexibility index (Phi) is 1.58. The molecule has 1 aliphatic heterocycles. The highest BCUT2D eigenvalue weighted by molar-refractivity contribution is 4.91. The van der Waals surface area contributed by atoms with Gasteiger partial charge in [0.15, 0.2) is 5.82 Å². The van der Waals surface area contributed by atoms with Crippen LogP contribution >= 0.6 is 0 Å². The number of rotatable bonds is 1. The molecule has 0 saturated carbocycles. The van der Waals surface area contributed by atoms with Crippen molar-refractivity contribution < 1.29 is 0 Å². The van der Waals surface area contributed by atoms with Gasteiger partial charge in [-0.2, -0.15) is 4.80 Å². The van der Waals surface area contributed by atoms with Crippen LogP contribution in [0.3, 0.4) is 0 Å². The normalized spacial score (nSPS) is 24.3. The van der Waals surface area contributed by atoms with E-state index in [0.717, 1.165) is 25.2 Å². The molecule has 1 aromatic heterocycles. The van der Waals surface area contributed by atoms with Crippen molar-refractivity contribution in [3.63, 3.8) is 0 Å². The third-order valence-corrected chi connectivity index (χ3v) is 1.81. The number of hydrogen-bond acceptors (Lipinski definition) is 3. The zero-order chi connectivity index (χ0) is 7.68. The van der Waals surface area contributed by atoms with Crippen LogP contribution in [0.4, 0.5) is 0 Å². The summed E-state index contributed by atoms with van der Waals surface area (Å²) in [6.45, 7) is 0.947. The molecule has 0 spiro atoms. The number of aryl methyl sites for hydroxylation is 1. The zero-order valence-corrected chi connectivity index (χ0v) is 6.43. The van der Waals surface area contributed by atoms with E-state index in [1.54, 1.807) is 7.05 Å². The van der Waals surface area contributed by atoms with Gasteiger partial charge < -0.3 is 0 Å². The molecule has 2 rings (SSSR count). The minimum Gasteiger partial charge on any atom is -0.230 e. The van der Waals surface area contributed by atoms with Crippen LogP contribution in [0.25, 0.3) is 0 Å². The lowest BCUT2D eigenvalue weighted by Gasteiger charge is -1.99. The molecule has 1 atom stereocenters. The topological polar surface area (TPSA) is 57.7 Å². The molecule has 1 fully saturated rings. The summed E-state index contributed by atoms with van der Waals surface area (Å²) in [5, 5.41) is 16.1. The predicted molar refractivity (Wildman–Crippen MR) is 37.8 cm³/mol. The molecule has 0 N–H and O–H groups in total. The van der Waals surface area contributed by atoms with E-state index in [9.17, 15) is 0 Å². The Morgan fingerprint density at radius 2 is 2.45 bits per heavy atom. The van der Waals surface area contributed by atoms with Gasteiger partial charge in [-0.3, -0.25) is 0 Å². The van der Waals surface area contributed by atoms with Gasteiger partial charge in [-0.05, 0) is 18.1 Å². The van der Waals surface area contributed by atoms with Crippen LogP contribution in [-0.4, -0.2) is 26.8 Å². The second kappa shape index (κ2) is 2.58. The molecule has 0 aromatic carbocycles. The van der Waals surface area contributed by atoms with Crippen molar-refractivity contribution in [1.29, 1.82) is 0 Å². The third kappa shape index (κ3) is 1.23. The van der Waals surface area contributed by atoms with E-state index in [2.05, 4.69) is 20.7 Å². The highest BCUT2D eigenvalue weighted by atomic mass is 15.6. The summed E-state index contributed by atoms with van der Waals surface area (Å²) in [6, 6.07) is 0.212. The van der Waals surface area contributed by atoms with Crippen molar-refractivity contribution >= 4 is 0 Å². The first-order valence-electron chi connectivity index (χ1n) is 3.77. The minimum atomic E-state index is 0.212. The fourth-order valence-corrected chi connectivity index (χ4v) is 1.27. The number of aromatic nitrogens is 4. The number of hydrogen-bond donors (Lipinski definition) is 0. The molecule has 0 bridgehead atoms. The van der Waals surface area contributed by atoms with Crippen molar-refractivity contribution in [2.45, 2.75) is 18.9 Å². The zero-order valence-electron chi connectivity index (χ0n) is 6.43. The van der Waals surface area contributed by atoms with Gasteiger partial charge in [0.25, 0.3) is 0 Å². The first kappa shape index (κ1) is 6.72. The molecule has 1 saturated heterocycles. The van der Waals surface area contributed by atoms with E-state index in [0.29, 0.717) is 0 Å². The molecule has 11 heavy (non-hydrogen) atoms. The molecule has 1 aliphatic rings. The fraction of sp³-hybridized carbons (Fsp3) is 0.833. The van der Waals surface area contributed by atoms with Crippen LogP contribution in [0.2, 0.25) is 0 Å². The van der Waals surface area contributed by atoms with Crippen molar-refractivity contribution in [3.05, 3.63) is 5.82 Å². The summed E-state index contributed by atoms with van der Waals surface area (Å²) in [5.74, 6) is 0.769. The van der Waals surface area contributed by atoms with Gasteiger partial charge in [0.05, 0.1) is 13.1 Å². The average molecular weight is 152 g/mol. The van der Waals surface area contributed by atoms with E-state index in [1.807, 2.05) is 0 Å². The second-order valence-electron chi connectivity index (χ2n) is 2.70. The maximum absolute atomic E-state index is 4.34. The smallest absolute Gasteiger partial charge is 0.193 e. The molecule has 1 unspecified atom stereocenters. The number of tetrazole rings is 1. The Morgan fingerprint density at radius 1 is 1.55 bits per heavy atom. The standard InChI is InChI=1S/C6H10N5/c1-11-9-6(8-10-11)5-3-2-4-7-5/h5H,2-4H2,1H3. The largest absolute Gasteiger partial charge is 0.230 e. The van der Waals surface area contributed by atoms with Crippen molar-refractivity contribution in [2.75, 3.05) is 6.54 Å². The molecular formula is C6H10N5. The maximum atomic E-state index is 4.34. The SMILES string of the molecule is Cn1nnc(C2CCC[N]2)n1.